The van der Waals surface area contributed by atoms with Crippen LogP contribution in [0.3, 0.4) is 0 Å². The Morgan fingerprint density at radius 3 is 2.75 bits per heavy atom. The summed E-state index contributed by atoms with van der Waals surface area (Å²) in [6, 6.07) is 5.34. The maximum atomic E-state index is 13.5. The number of amides is 2. The Morgan fingerprint density at radius 2 is 2.00 bits per heavy atom. The summed E-state index contributed by atoms with van der Waals surface area (Å²) < 4.78 is 28.6. The van der Waals surface area contributed by atoms with Gasteiger partial charge < -0.3 is 10.2 Å². The van der Waals surface area contributed by atoms with Gasteiger partial charge in [0.2, 0.25) is 0 Å². The number of aromatic nitrogens is 3. The molecule has 1 aliphatic rings. The van der Waals surface area contributed by atoms with E-state index in [4.69, 9.17) is 11.6 Å². The normalized spacial score (nSPS) is 13.4. The second-order valence-corrected chi connectivity index (χ2v) is 6.93. The second-order valence-electron chi connectivity index (χ2n) is 6.53. The first-order chi connectivity index (χ1) is 13.4. The molecule has 3 heterocycles. The Balaban J connectivity index is 1.55. The van der Waals surface area contributed by atoms with E-state index in [2.05, 4.69) is 15.4 Å². The van der Waals surface area contributed by atoms with Gasteiger partial charge in [-0.2, -0.15) is 5.10 Å². The lowest BCUT2D eigenvalue weighted by Crippen LogP contribution is -2.41. The lowest BCUT2D eigenvalue weighted by atomic mass is 10.1. The number of nitrogens with zero attached hydrogens (tertiary/aromatic N) is 4. The molecule has 0 aliphatic carbocycles. The lowest BCUT2D eigenvalue weighted by molar-refractivity contribution is 0.194. The summed E-state index contributed by atoms with van der Waals surface area (Å²) >= 11 is 5.76. The molecular formula is C19H16ClF2N5O. The van der Waals surface area contributed by atoms with Gasteiger partial charge in [0, 0.05) is 17.8 Å². The highest BCUT2D eigenvalue weighted by atomic mass is 35.5. The fourth-order valence-electron chi connectivity index (χ4n) is 3.10. The molecular weight excluding hydrogens is 388 g/mol. The molecule has 0 saturated heterocycles. The van der Waals surface area contributed by atoms with Crippen molar-refractivity contribution in [3.8, 4) is 11.3 Å². The zero-order valence-electron chi connectivity index (χ0n) is 14.9. The third kappa shape index (κ3) is 3.43. The van der Waals surface area contributed by atoms with Crippen LogP contribution in [0.2, 0.25) is 5.02 Å². The van der Waals surface area contributed by atoms with Crippen LogP contribution in [0.25, 0.3) is 11.3 Å². The van der Waals surface area contributed by atoms with E-state index in [1.807, 2.05) is 4.68 Å². The molecule has 9 heteroatoms. The topological polar surface area (TPSA) is 63.1 Å². The van der Waals surface area contributed by atoms with E-state index < -0.39 is 5.82 Å². The Hall–Kier alpha value is -3.00. The van der Waals surface area contributed by atoms with Gasteiger partial charge in [-0.3, -0.25) is 9.67 Å². The minimum atomic E-state index is -0.548. The van der Waals surface area contributed by atoms with E-state index in [1.165, 1.54) is 24.4 Å². The van der Waals surface area contributed by atoms with Crippen LogP contribution in [0.1, 0.15) is 11.3 Å². The van der Waals surface area contributed by atoms with Crippen molar-refractivity contribution >= 4 is 23.3 Å². The smallest absolute Gasteiger partial charge is 0.317 e. The van der Waals surface area contributed by atoms with E-state index in [0.29, 0.717) is 36.6 Å². The largest absolute Gasteiger partial charge is 0.322 e. The number of anilines is 1. The highest BCUT2D eigenvalue weighted by molar-refractivity contribution is 6.31. The van der Waals surface area contributed by atoms with Gasteiger partial charge in [-0.1, -0.05) is 11.6 Å². The van der Waals surface area contributed by atoms with Crippen molar-refractivity contribution in [2.24, 2.45) is 0 Å². The van der Waals surface area contributed by atoms with Crippen molar-refractivity contribution in [3.63, 3.8) is 0 Å². The first-order valence-electron chi connectivity index (χ1n) is 8.60. The van der Waals surface area contributed by atoms with Crippen LogP contribution in [0.5, 0.6) is 0 Å². The van der Waals surface area contributed by atoms with E-state index >= 15 is 0 Å². The number of carbonyl (C=O) groups is 1. The summed E-state index contributed by atoms with van der Waals surface area (Å²) in [4.78, 5) is 18.4. The van der Waals surface area contributed by atoms with Crippen LogP contribution in [0.15, 0.2) is 36.7 Å². The molecule has 2 amide bonds. The van der Waals surface area contributed by atoms with Crippen molar-refractivity contribution in [2.45, 2.75) is 20.0 Å². The Kier molecular flexibility index (Phi) is 4.72. The molecule has 0 bridgehead atoms. The number of aryl methyl sites for hydroxylation is 1. The summed E-state index contributed by atoms with van der Waals surface area (Å²) in [5.41, 5.74) is 3.07. The van der Waals surface area contributed by atoms with Crippen LogP contribution >= 0.6 is 11.6 Å². The fraction of sp³-hybridized carbons (Fsp3) is 0.211. The standard InChI is InChI=1S/C19H16ClF2N5O/c1-11-6-17(23-9-16(11)22)13-8-24-27-5-4-26(10-18(13)27)19(28)25-12-2-3-15(21)14(20)7-12/h2-3,6-9H,4-5,10H2,1H3,(H,25,28). The van der Waals surface area contributed by atoms with E-state index in [9.17, 15) is 13.6 Å². The molecule has 1 aromatic carbocycles. The maximum Gasteiger partial charge on any atom is 0.322 e. The number of hydrogen-bond donors (Lipinski definition) is 1. The van der Waals surface area contributed by atoms with Crippen LogP contribution in [0.4, 0.5) is 19.3 Å². The quantitative estimate of drug-likeness (QED) is 0.696. The van der Waals surface area contributed by atoms with Crippen molar-refractivity contribution < 1.29 is 13.6 Å². The predicted molar refractivity (Wildman–Crippen MR) is 101 cm³/mol. The van der Waals surface area contributed by atoms with Gasteiger partial charge in [-0.15, -0.1) is 0 Å². The summed E-state index contributed by atoms with van der Waals surface area (Å²) in [5, 5.41) is 7.01. The summed E-state index contributed by atoms with van der Waals surface area (Å²) in [6.07, 6.45) is 2.86. The molecule has 6 nitrogen and oxygen atoms in total. The lowest BCUT2D eigenvalue weighted by Gasteiger charge is -2.28. The number of rotatable bonds is 2. The van der Waals surface area contributed by atoms with Gasteiger partial charge in [0.1, 0.15) is 11.6 Å². The predicted octanol–water partition coefficient (Wildman–Crippen LogP) is 4.23. The molecule has 0 radical (unpaired) electrons. The van der Waals surface area contributed by atoms with E-state index in [-0.39, 0.29) is 16.9 Å². The molecule has 1 N–H and O–H groups in total. The number of hydrogen-bond acceptors (Lipinski definition) is 3. The molecule has 3 aromatic rings. The molecule has 4 rings (SSSR count). The fourth-order valence-corrected chi connectivity index (χ4v) is 3.28. The van der Waals surface area contributed by atoms with Crippen LogP contribution in [-0.4, -0.2) is 32.2 Å². The molecule has 28 heavy (non-hydrogen) atoms. The molecule has 2 aromatic heterocycles. The number of benzene rings is 1. The minimum absolute atomic E-state index is 0.0606. The van der Waals surface area contributed by atoms with Crippen LogP contribution in [-0.2, 0) is 13.1 Å². The van der Waals surface area contributed by atoms with Gasteiger partial charge in [0.25, 0.3) is 0 Å². The molecule has 0 fully saturated rings. The maximum absolute atomic E-state index is 13.5. The number of urea groups is 1. The number of carbonyl (C=O) groups excluding carboxylic acids is 1. The van der Waals surface area contributed by atoms with Crippen molar-refractivity contribution in [2.75, 3.05) is 11.9 Å². The zero-order chi connectivity index (χ0) is 19.8. The second kappa shape index (κ2) is 7.20. The van der Waals surface area contributed by atoms with Gasteiger partial charge in [0.05, 0.1) is 41.9 Å². The molecule has 144 valence electrons. The Bertz CT molecular complexity index is 1070. The third-order valence-electron chi connectivity index (χ3n) is 4.65. The summed E-state index contributed by atoms with van der Waals surface area (Å²) in [7, 11) is 0. The highest BCUT2D eigenvalue weighted by Gasteiger charge is 2.25. The van der Waals surface area contributed by atoms with Gasteiger partial charge >= 0.3 is 6.03 Å². The first-order valence-corrected chi connectivity index (χ1v) is 8.98. The number of pyridine rings is 1. The molecule has 0 unspecified atom stereocenters. The Labute approximate surface area is 164 Å². The summed E-state index contributed by atoms with van der Waals surface area (Å²) in [5.74, 6) is -0.919. The van der Waals surface area contributed by atoms with E-state index in [0.717, 1.165) is 11.3 Å². The zero-order valence-corrected chi connectivity index (χ0v) is 15.7. The van der Waals surface area contributed by atoms with Crippen molar-refractivity contribution in [1.82, 2.24) is 19.7 Å². The number of nitrogens with one attached hydrogen (secondary N) is 1. The van der Waals surface area contributed by atoms with Crippen molar-refractivity contribution in [1.29, 1.82) is 0 Å². The monoisotopic (exact) mass is 403 g/mol. The van der Waals surface area contributed by atoms with Crippen LogP contribution in [0, 0.1) is 18.6 Å². The summed E-state index contributed by atoms with van der Waals surface area (Å²) in [6.45, 7) is 2.97. The van der Waals surface area contributed by atoms with Gasteiger partial charge in [-0.05, 0) is 36.8 Å². The number of fused-ring (bicyclic) bond motifs is 1. The molecule has 0 saturated carbocycles. The van der Waals surface area contributed by atoms with Gasteiger partial charge in [0.15, 0.2) is 0 Å². The first kappa shape index (κ1) is 18.4. The molecule has 0 spiro atoms. The SMILES string of the molecule is Cc1cc(-c2cnn3c2CN(C(=O)Nc2ccc(F)c(Cl)c2)CC3)ncc1F. The average molecular weight is 404 g/mol. The van der Waals surface area contributed by atoms with Crippen molar-refractivity contribution in [3.05, 3.63) is 64.6 Å². The molecule has 0 atom stereocenters. The average Bonchev–Trinajstić information content (AvgIpc) is 3.10. The van der Waals surface area contributed by atoms with E-state index in [1.54, 1.807) is 24.1 Å². The third-order valence-corrected chi connectivity index (χ3v) is 4.94. The molecule has 1 aliphatic heterocycles. The minimum Gasteiger partial charge on any atom is -0.317 e. The van der Waals surface area contributed by atoms with Crippen LogP contribution < -0.4 is 5.32 Å². The number of halogens is 3. The van der Waals surface area contributed by atoms with Gasteiger partial charge in [-0.25, -0.2) is 13.6 Å². The Morgan fingerprint density at radius 1 is 1.18 bits per heavy atom. The highest BCUT2D eigenvalue weighted by Crippen LogP contribution is 2.27.